The standard InChI is InChI=1S/C51H78Cl2N8O8/c1-9-16-39-44(62)54-23-14-12-18-42(46(64)57-41(29-33(4)5)48(66)59(8)43(47(65)55-39)31-35-30-36(52)19-20-37(35)53)61(32-34(6)7)49(67)40(17-13-15-24-60-25-27-69-28-26-60)56-45(63)38(10-2)58-50(68)51(11-3)21-22-51/h3,19-20,30,33-34,38-43H,9-10,12-18,21-29,31-32H2,1-2,4-8H3,(H,54,62)(H,55,65)(H,56,63)(H,57,64)(H,58,68)/t38-,39+,40-,41-,42-,43-/m0/s1. The molecule has 2 saturated heterocycles. The third-order valence-electron chi connectivity index (χ3n) is 13.2. The summed E-state index contributed by atoms with van der Waals surface area (Å²) in [4.78, 5) is 106. The summed E-state index contributed by atoms with van der Waals surface area (Å²) >= 11 is 13.0. The van der Waals surface area contributed by atoms with Gasteiger partial charge in [-0.3, -0.25) is 38.5 Å². The largest absolute Gasteiger partial charge is 0.379 e. The normalized spacial score (nSPS) is 22.7. The second-order valence-electron chi connectivity index (χ2n) is 19.8. The fraction of sp³-hybridized carbons (Fsp3) is 0.706. The van der Waals surface area contributed by atoms with E-state index in [0.717, 1.165) is 26.1 Å². The van der Waals surface area contributed by atoms with Gasteiger partial charge in [0.2, 0.25) is 41.4 Å². The van der Waals surface area contributed by atoms with Gasteiger partial charge < -0.3 is 41.1 Å². The van der Waals surface area contributed by atoms with E-state index < -0.39 is 77.1 Å². The number of halogens is 2. The highest BCUT2D eigenvalue weighted by Gasteiger charge is 2.49. The van der Waals surface area contributed by atoms with Crippen molar-refractivity contribution in [1.82, 2.24) is 41.3 Å². The Labute approximate surface area is 420 Å². The maximum absolute atomic E-state index is 15.3. The number of terminal acetylenes is 1. The van der Waals surface area contributed by atoms with Gasteiger partial charge >= 0.3 is 0 Å². The molecule has 0 unspecified atom stereocenters. The summed E-state index contributed by atoms with van der Waals surface area (Å²) in [5, 5.41) is 15.4. The monoisotopic (exact) mass is 1000 g/mol. The molecule has 4 rings (SSSR count). The first kappa shape index (κ1) is 57.2. The van der Waals surface area contributed by atoms with Crippen molar-refractivity contribution in [2.75, 3.05) is 53.0 Å². The van der Waals surface area contributed by atoms with Crippen LogP contribution in [0.5, 0.6) is 0 Å². The molecular formula is C51H78Cl2N8O8. The molecule has 1 aromatic rings. The lowest BCUT2D eigenvalue weighted by Gasteiger charge is -2.37. The van der Waals surface area contributed by atoms with Gasteiger partial charge in [-0.1, -0.05) is 77.1 Å². The minimum absolute atomic E-state index is 0.0392. The Kier molecular flexibility index (Phi) is 23.0. The number of unbranched alkanes of at least 4 members (excludes halogenated alkanes) is 1. The van der Waals surface area contributed by atoms with Gasteiger partial charge in [0.15, 0.2) is 0 Å². The third-order valence-corrected chi connectivity index (χ3v) is 13.8. The molecule has 384 valence electrons. The summed E-state index contributed by atoms with van der Waals surface area (Å²) in [6.07, 6.45) is 10.7. The fourth-order valence-electron chi connectivity index (χ4n) is 8.94. The van der Waals surface area contributed by atoms with Crippen molar-refractivity contribution in [3.63, 3.8) is 0 Å². The van der Waals surface area contributed by atoms with E-state index in [-0.39, 0.29) is 62.9 Å². The fourth-order valence-corrected chi connectivity index (χ4v) is 9.33. The lowest BCUT2D eigenvalue weighted by atomic mass is 9.97. The average Bonchev–Trinajstić information content (AvgIpc) is 4.12. The van der Waals surface area contributed by atoms with Gasteiger partial charge in [-0.15, -0.1) is 6.42 Å². The van der Waals surface area contributed by atoms with Crippen LogP contribution in [0.25, 0.3) is 0 Å². The molecule has 69 heavy (non-hydrogen) atoms. The van der Waals surface area contributed by atoms with Gasteiger partial charge in [-0.05, 0) is 113 Å². The highest BCUT2D eigenvalue weighted by molar-refractivity contribution is 6.33. The predicted molar refractivity (Wildman–Crippen MR) is 268 cm³/mol. The first-order chi connectivity index (χ1) is 32.8. The number of benzene rings is 1. The Morgan fingerprint density at radius 1 is 0.928 bits per heavy atom. The molecule has 2 heterocycles. The number of carbonyl (C=O) groups excluding carboxylic acids is 7. The number of morpholine rings is 1. The van der Waals surface area contributed by atoms with Crippen molar-refractivity contribution in [2.45, 2.75) is 161 Å². The molecule has 2 aliphatic heterocycles. The summed E-state index contributed by atoms with van der Waals surface area (Å²) < 4.78 is 5.52. The van der Waals surface area contributed by atoms with Crippen LogP contribution in [-0.2, 0) is 44.7 Å². The van der Waals surface area contributed by atoms with Gasteiger partial charge in [0, 0.05) is 49.7 Å². The van der Waals surface area contributed by atoms with Crippen LogP contribution in [-0.4, -0.2) is 145 Å². The van der Waals surface area contributed by atoms with Crippen molar-refractivity contribution in [3.8, 4) is 12.3 Å². The highest BCUT2D eigenvalue weighted by atomic mass is 35.5. The van der Waals surface area contributed by atoms with Crippen molar-refractivity contribution in [2.24, 2.45) is 17.3 Å². The SMILES string of the molecule is C#CC1(C(=O)N[C@@H](CC)C(=O)N[C@@H](CCCCN2CCOCC2)C(=O)N(CC(C)C)[C@H]2CCCCNC(=O)[C@@H](CCC)NC(=O)[C@H](Cc3cc(Cl)ccc3Cl)N(C)C(=O)[C@H](CC(C)C)NC2=O)CC1. The molecule has 5 N–H and O–H groups in total. The quantitative estimate of drug-likeness (QED) is 0.0914. The van der Waals surface area contributed by atoms with E-state index in [0.29, 0.717) is 73.8 Å². The number of nitrogens with zero attached hydrogens (tertiary/aromatic N) is 3. The van der Waals surface area contributed by atoms with E-state index in [9.17, 15) is 24.0 Å². The molecule has 1 aromatic carbocycles. The number of rotatable bonds is 20. The molecule has 6 atom stereocenters. The maximum atomic E-state index is 15.3. The minimum atomic E-state index is -1.17. The summed E-state index contributed by atoms with van der Waals surface area (Å²) in [5.74, 6) is -1.08. The Morgan fingerprint density at radius 2 is 1.62 bits per heavy atom. The Balaban J connectivity index is 1.73. The van der Waals surface area contributed by atoms with Crippen LogP contribution in [0.15, 0.2) is 18.2 Å². The van der Waals surface area contributed by atoms with Crippen molar-refractivity contribution >= 4 is 64.6 Å². The zero-order valence-electron chi connectivity index (χ0n) is 41.9. The number of amides is 7. The van der Waals surface area contributed by atoms with Crippen LogP contribution in [0.4, 0.5) is 0 Å². The molecular weight excluding hydrogens is 924 g/mol. The maximum Gasteiger partial charge on any atom is 0.245 e. The molecule has 0 spiro atoms. The van der Waals surface area contributed by atoms with Crippen molar-refractivity contribution in [1.29, 1.82) is 0 Å². The smallest absolute Gasteiger partial charge is 0.245 e. The Morgan fingerprint density at radius 3 is 2.25 bits per heavy atom. The average molecular weight is 1000 g/mol. The first-order valence-corrected chi connectivity index (χ1v) is 25.9. The second kappa shape index (κ2) is 27.8. The number of hydrogen-bond acceptors (Lipinski definition) is 9. The lowest BCUT2D eigenvalue weighted by molar-refractivity contribution is -0.147. The number of likely N-dealkylation sites (N-methyl/N-ethyl adjacent to an activating group) is 1. The topological polar surface area (TPSA) is 199 Å². The van der Waals surface area contributed by atoms with Crippen molar-refractivity contribution < 1.29 is 38.3 Å². The molecule has 3 aliphatic rings. The van der Waals surface area contributed by atoms with E-state index >= 15 is 9.59 Å². The molecule has 0 radical (unpaired) electrons. The molecule has 7 amide bonds. The van der Waals surface area contributed by atoms with E-state index in [1.165, 1.54) is 16.8 Å². The summed E-state index contributed by atoms with van der Waals surface area (Å²) in [7, 11) is 1.49. The van der Waals surface area contributed by atoms with Gasteiger partial charge in [0.25, 0.3) is 0 Å². The molecule has 1 saturated carbocycles. The number of carbonyl (C=O) groups is 7. The summed E-state index contributed by atoms with van der Waals surface area (Å²) in [5.41, 5.74) is -0.424. The van der Waals surface area contributed by atoms with Crippen LogP contribution in [0.1, 0.15) is 124 Å². The van der Waals surface area contributed by atoms with Gasteiger partial charge in [-0.2, -0.15) is 0 Å². The van der Waals surface area contributed by atoms with Crippen LogP contribution in [0, 0.1) is 29.6 Å². The zero-order chi connectivity index (χ0) is 50.8. The molecule has 1 aliphatic carbocycles. The van der Waals surface area contributed by atoms with Crippen LogP contribution in [0.3, 0.4) is 0 Å². The van der Waals surface area contributed by atoms with Gasteiger partial charge in [0.1, 0.15) is 41.7 Å². The first-order valence-electron chi connectivity index (χ1n) is 25.1. The lowest BCUT2D eigenvalue weighted by Crippen LogP contribution is -2.61. The molecule has 16 nitrogen and oxygen atoms in total. The van der Waals surface area contributed by atoms with Gasteiger partial charge in [-0.25, -0.2) is 0 Å². The van der Waals surface area contributed by atoms with Gasteiger partial charge in [0.05, 0.1) is 13.2 Å². The molecule has 3 fully saturated rings. The predicted octanol–water partition coefficient (Wildman–Crippen LogP) is 4.63. The Bertz CT molecular complexity index is 1970. The van der Waals surface area contributed by atoms with Crippen molar-refractivity contribution in [3.05, 3.63) is 33.8 Å². The zero-order valence-corrected chi connectivity index (χ0v) is 43.4. The number of ether oxygens (including phenoxy) is 1. The third kappa shape index (κ3) is 17.1. The number of nitrogens with one attached hydrogen (secondary N) is 5. The Hall–Kier alpha value is -4.43. The van der Waals surface area contributed by atoms with E-state index in [2.05, 4.69) is 37.4 Å². The second-order valence-corrected chi connectivity index (χ2v) is 20.6. The van der Waals surface area contributed by atoms with Crippen LogP contribution < -0.4 is 26.6 Å². The summed E-state index contributed by atoms with van der Waals surface area (Å²) in [6.45, 7) is 15.5. The van der Waals surface area contributed by atoms with Crippen LogP contribution >= 0.6 is 23.2 Å². The highest BCUT2D eigenvalue weighted by Crippen LogP contribution is 2.45. The summed E-state index contributed by atoms with van der Waals surface area (Å²) in [6, 6.07) is -1.41. The minimum Gasteiger partial charge on any atom is -0.379 e. The number of hydrogen-bond donors (Lipinski definition) is 5. The van der Waals surface area contributed by atoms with E-state index in [4.69, 9.17) is 34.4 Å². The molecule has 0 bridgehead atoms. The van der Waals surface area contributed by atoms with E-state index in [1.54, 1.807) is 25.1 Å². The van der Waals surface area contributed by atoms with Crippen LogP contribution in [0.2, 0.25) is 10.0 Å². The van der Waals surface area contributed by atoms with E-state index in [1.807, 2.05) is 34.6 Å². The molecule has 18 heteroatoms. The molecule has 0 aromatic heterocycles.